The van der Waals surface area contributed by atoms with Crippen LogP contribution < -0.4 is 5.56 Å². The maximum Gasteiger partial charge on any atom is 0.264 e. The zero-order valence-corrected chi connectivity index (χ0v) is 14.0. The molecule has 0 fully saturated rings. The summed E-state index contributed by atoms with van der Waals surface area (Å²) in [5.74, 6) is 0.788. The van der Waals surface area contributed by atoms with Gasteiger partial charge in [0.1, 0.15) is 11.1 Å². The molecule has 0 saturated heterocycles. The Hall–Kier alpha value is -3.22. The fraction of sp³-hybridized carbons (Fsp3) is 0.222. The van der Waals surface area contributed by atoms with Crippen molar-refractivity contribution in [2.45, 2.75) is 26.8 Å². The van der Waals surface area contributed by atoms with E-state index in [4.69, 9.17) is 4.52 Å². The number of fused-ring (bicyclic) bond motifs is 1. The summed E-state index contributed by atoms with van der Waals surface area (Å²) in [6, 6.07) is 9.64. The number of aromatic nitrogens is 5. The van der Waals surface area contributed by atoms with Crippen molar-refractivity contribution in [3.63, 3.8) is 0 Å². The van der Waals surface area contributed by atoms with Crippen molar-refractivity contribution in [3.05, 3.63) is 70.2 Å². The molecule has 0 aliphatic rings. The van der Waals surface area contributed by atoms with E-state index in [2.05, 4.69) is 15.2 Å². The fourth-order valence-electron chi connectivity index (χ4n) is 2.96. The molecule has 0 amide bonds. The number of aryl methyl sites for hydroxylation is 3. The number of rotatable bonds is 4. The quantitative estimate of drug-likeness (QED) is 0.572. The topological polar surface area (TPSA) is 78.7 Å². The minimum absolute atomic E-state index is 0.0982. The molecule has 3 aromatic heterocycles. The SMILES string of the molecule is Cc1noc(C)c1CCn1cnc2c(cnn2-c2ccccc2)c1=O. The molecule has 0 saturated carbocycles. The maximum atomic E-state index is 12.7. The van der Waals surface area contributed by atoms with Crippen molar-refractivity contribution < 1.29 is 4.52 Å². The Morgan fingerprint density at radius 2 is 1.96 bits per heavy atom. The summed E-state index contributed by atoms with van der Waals surface area (Å²) in [5, 5.41) is 8.77. The van der Waals surface area contributed by atoms with Crippen LogP contribution in [0.3, 0.4) is 0 Å². The zero-order chi connectivity index (χ0) is 17.4. The normalized spacial score (nSPS) is 11.3. The molecule has 0 radical (unpaired) electrons. The van der Waals surface area contributed by atoms with E-state index in [1.807, 2.05) is 44.2 Å². The zero-order valence-electron chi connectivity index (χ0n) is 14.0. The summed E-state index contributed by atoms with van der Waals surface area (Å²) in [4.78, 5) is 17.2. The Bertz CT molecular complexity index is 1070. The lowest BCUT2D eigenvalue weighted by molar-refractivity contribution is 0.392. The van der Waals surface area contributed by atoms with E-state index in [-0.39, 0.29) is 5.56 Å². The number of benzene rings is 1. The predicted molar refractivity (Wildman–Crippen MR) is 92.8 cm³/mol. The van der Waals surface area contributed by atoms with Gasteiger partial charge in [0.2, 0.25) is 0 Å². The van der Waals surface area contributed by atoms with E-state index >= 15 is 0 Å². The number of para-hydroxylation sites is 1. The molecule has 4 aromatic rings. The molecule has 25 heavy (non-hydrogen) atoms. The molecule has 0 unspecified atom stereocenters. The molecular weight excluding hydrogens is 318 g/mol. The van der Waals surface area contributed by atoms with Crippen LogP contribution in [0, 0.1) is 13.8 Å². The molecule has 0 N–H and O–H groups in total. The highest BCUT2D eigenvalue weighted by atomic mass is 16.5. The average molecular weight is 335 g/mol. The van der Waals surface area contributed by atoms with Gasteiger partial charge in [-0.3, -0.25) is 9.36 Å². The van der Waals surface area contributed by atoms with E-state index in [0.717, 1.165) is 22.7 Å². The average Bonchev–Trinajstić information content (AvgIpc) is 3.20. The molecular formula is C18H17N5O2. The smallest absolute Gasteiger partial charge is 0.264 e. The van der Waals surface area contributed by atoms with Gasteiger partial charge < -0.3 is 4.52 Å². The molecule has 0 aliphatic carbocycles. The summed E-state index contributed by atoms with van der Waals surface area (Å²) >= 11 is 0. The maximum absolute atomic E-state index is 12.7. The van der Waals surface area contributed by atoms with Crippen molar-refractivity contribution in [2.75, 3.05) is 0 Å². The summed E-state index contributed by atoms with van der Waals surface area (Å²) in [6.07, 6.45) is 3.81. The lowest BCUT2D eigenvalue weighted by Crippen LogP contribution is -2.21. The third-order valence-electron chi connectivity index (χ3n) is 4.34. The van der Waals surface area contributed by atoms with Crippen molar-refractivity contribution in [1.29, 1.82) is 0 Å². The van der Waals surface area contributed by atoms with Crippen molar-refractivity contribution in [2.24, 2.45) is 0 Å². The van der Waals surface area contributed by atoms with Crippen LogP contribution in [-0.2, 0) is 13.0 Å². The second-order valence-electron chi connectivity index (χ2n) is 5.93. The molecule has 4 rings (SSSR count). The first-order valence-electron chi connectivity index (χ1n) is 8.05. The first-order valence-corrected chi connectivity index (χ1v) is 8.05. The summed E-state index contributed by atoms with van der Waals surface area (Å²) < 4.78 is 8.45. The fourth-order valence-corrected chi connectivity index (χ4v) is 2.96. The standard InChI is InChI=1S/C18H17N5O2/c1-12-15(13(2)25-21-12)8-9-22-11-19-17-16(18(22)24)10-20-23(17)14-6-4-3-5-7-14/h3-7,10-11H,8-9H2,1-2H3. The Labute approximate surface area is 143 Å². The first kappa shape index (κ1) is 15.3. The van der Waals surface area contributed by atoms with Gasteiger partial charge in [-0.05, 0) is 32.4 Å². The van der Waals surface area contributed by atoms with E-state index in [0.29, 0.717) is 24.0 Å². The van der Waals surface area contributed by atoms with E-state index < -0.39 is 0 Å². The predicted octanol–water partition coefficient (Wildman–Crippen LogP) is 2.43. The lowest BCUT2D eigenvalue weighted by atomic mass is 10.1. The van der Waals surface area contributed by atoms with E-state index in [1.54, 1.807) is 21.8 Å². The van der Waals surface area contributed by atoms with Crippen LogP contribution in [0.25, 0.3) is 16.7 Å². The van der Waals surface area contributed by atoms with Gasteiger partial charge in [0.05, 0.1) is 23.9 Å². The van der Waals surface area contributed by atoms with E-state index in [9.17, 15) is 4.79 Å². The number of nitrogens with zero attached hydrogens (tertiary/aromatic N) is 5. The molecule has 3 heterocycles. The van der Waals surface area contributed by atoms with Gasteiger partial charge in [-0.15, -0.1) is 0 Å². The van der Waals surface area contributed by atoms with Gasteiger partial charge in [-0.25, -0.2) is 9.67 Å². The van der Waals surface area contributed by atoms with Crippen LogP contribution >= 0.6 is 0 Å². The second-order valence-corrected chi connectivity index (χ2v) is 5.93. The van der Waals surface area contributed by atoms with Crippen molar-refractivity contribution >= 4 is 11.0 Å². The third kappa shape index (κ3) is 2.63. The summed E-state index contributed by atoms with van der Waals surface area (Å²) in [7, 11) is 0. The largest absolute Gasteiger partial charge is 0.361 e. The Morgan fingerprint density at radius 1 is 1.16 bits per heavy atom. The van der Waals surface area contributed by atoms with Crippen LogP contribution in [0.15, 0.2) is 52.2 Å². The van der Waals surface area contributed by atoms with Gasteiger partial charge in [-0.2, -0.15) is 5.10 Å². The van der Waals surface area contributed by atoms with Crippen LogP contribution in [0.1, 0.15) is 17.0 Å². The van der Waals surface area contributed by atoms with E-state index in [1.165, 1.54) is 0 Å². The van der Waals surface area contributed by atoms with Crippen LogP contribution in [0.5, 0.6) is 0 Å². The summed E-state index contributed by atoms with van der Waals surface area (Å²) in [6.45, 7) is 4.30. The Kier molecular flexibility index (Phi) is 3.68. The minimum atomic E-state index is -0.0982. The van der Waals surface area contributed by atoms with Gasteiger partial charge >= 0.3 is 0 Å². The van der Waals surface area contributed by atoms with Gasteiger partial charge in [0, 0.05) is 12.1 Å². The van der Waals surface area contributed by atoms with Gasteiger partial charge in [0.15, 0.2) is 5.65 Å². The monoisotopic (exact) mass is 335 g/mol. The Balaban J connectivity index is 1.69. The van der Waals surface area contributed by atoms with Crippen molar-refractivity contribution in [1.82, 2.24) is 24.5 Å². The van der Waals surface area contributed by atoms with Crippen LogP contribution in [0.2, 0.25) is 0 Å². The van der Waals surface area contributed by atoms with Crippen molar-refractivity contribution in [3.8, 4) is 5.69 Å². The third-order valence-corrected chi connectivity index (χ3v) is 4.34. The molecule has 0 atom stereocenters. The number of hydrogen-bond acceptors (Lipinski definition) is 5. The van der Waals surface area contributed by atoms with Gasteiger partial charge in [-0.1, -0.05) is 23.4 Å². The molecule has 0 bridgehead atoms. The molecule has 7 nitrogen and oxygen atoms in total. The molecule has 0 aliphatic heterocycles. The molecule has 126 valence electrons. The Morgan fingerprint density at radius 3 is 2.68 bits per heavy atom. The highest BCUT2D eigenvalue weighted by Crippen LogP contribution is 2.15. The van der Waals surface area contributed by atoms with Crippen LogP contribution in [0.4, 0.5) is 0 Å². The second kappa shape index (κ2) is 6.01. The lowest BCUT2D eigenvalue weighted by Gasteiger charge is -2.06. The first-order chi connectivity index (χ1) is 12.1. The van der Waals surface area contributed by atoms with Gasteiger partial charge in [0.25, 0.3) is 5.56 Å². The van der Waals surface area contributed by atoms with Crippen LogP contribution in [-0.4, -0.2) is 24.5 Å². The number of hydrogen-bond donors (Lipinski definition) is 0. The minimum Gasteiger partial charge on any atom is -0.361 e. The molecule has 0 spiro atoms. The highest BCUT2D eigenvalue weighted by molar-refractivity contribution is 5.74. The summed E-state index contributed by atoms with van der Waals surface area (Å²) in [5.41, 5.74) is 3.23. The molecule has 1 aromatic carbocycles. The highest BCUT2D eigenvalue weighted by Gasteiger charge is 2.13. The molecule has 7 heteroatoms.